The van der Waals surface area contributed by atoms with E-state index in [1.54, 1.807) is 0 Å². The average Bonchev–Trinajstić information content (AvgIpc) is 2.30. The molecule has 1 aliphatic heterocycles. The lowest BCUT2D eigenvalue weighted by molar-refractivity contribution is 0.170. The second kappa shape index (κ2) is 4.72. The summed E-state index contributed by atoms with van der Waals surface area (Å²) >= 11 is 0. The number of nitrogens with two attached hydrogens (primary N) is 1. The van der Waals surface area contributed by atoms with E-state index in [0.29, 0.717) is 30.9 Å². The minimum atomic E-state index is -0.691. The van der Waals surface area contributed by atoms with Gasteiger partial charge in [-0.05, 0) is 27.0 Å². The molecule has 1 aliphatic rings. The van der Waals surface area contributed by atoms with Crippen molar-refractivity contribution in [2.45, 2.75) is 25.9 Å². The molecule has 2 rings (SSSR count). The Labute approximate surface area is 106 Å². The highest BCUT2D eigenvalue weighted by molar-refractivity contribution is 5.68. The number of anilines is 2. The molecule has 0 amide bonds. The zero-order valence-corrected chi connectivity index (χ0v) is 11.0. The molecule has 0 spiro atoms. The minimum Gasteiger partial charge on any atom is -0.395 e. The second-order valence-electron chi connectivity index (χ2n) is 5.09. The summed E-state index contributed by atoms with van der Waals surface area (Å²) in [5, 5.41) is 0. The Morgan fingerprint density at radius 2 is 1.72 bits per heavy atom. The third-order valence-corrected chi connectivity index (χ3v) is 3.77. The molecule has 2 N–H and O–H groups in total. The van der Waals surface area contributed by atoms with Crippen molar-refractivity contribution < 1.29 is 8.78 Å². The van der Waals surface area contributed by atoms with Crippen LogP contribution >= 0.6 is 0 Å². The number of hydrogen-bond acceptors (Lipinski definition) is 3. The standard InChI is InChI=1S/C13H19F2N3/c1-8-6-18(7-9(2)17(8)3)12-5-10(14)4-11(15)13(12)16/h4-5,8-9H,6-7,16H2,1-3H3. The largest absolute Gasteiger partial charge is 0.395 e. The molecule has 0 bridgehead atoms. The number of halogens is 2. The summed E-state index contributed by atoms with van der Waals surface area (Å²) in [6.07, 6.45) is 0. The first kappa shape index (κ1) is 13.1. The Balaban J connectivity index is 2.32. The Hall–Kier alpha value is -1.36. The lowest BCUT2D eigenvalue weighted by atomic mass is 10.1. The van der Waals surface area contributed by atoms with Crippen molar-refractivity contribution in [2.24, 2.45) is 0 Å². The van der Waals surface area contributed by atoms with Crippen molar-refractivity contribution in [2.75, 3.05) is 30.8 Å². The first-order chi connectivity index (χ1) is 8.40. The predicted octanol–water partition coefficient (Wildman–Crippen LogP) is 2.08. The lowest BCUT2D eigenvalue weighted by Gasteiger charge is -2.43. The SMILES string of the molecule is CC1CN(c2cc(F)cc(F)c2N)CC(C)N1C. The van der Waals surface area contributed by atoms with Crippen LogP contribution in [0.2, 0.25) is 0 Å². The molecular weight excluding hydrogens is 236 g/mol. The smallest absolute Gasteiger partial charge is 0.151 e. The lowest BCUT2D eigenvalue weighted by Crippen LogP contribution is -2.55. The number of hydrogen-bond donors (Lipinski definition) is 1. The molecule has 0 saturated carbocycles. The molecule has 1 aromatic carbocycles. The molecule has 2 atom stereocenters. The summed E-state index contributed by atoms with van der Waals surface area (Å²) in [5.41, 5.74) is 6.20. The number of rotatable bonds is 1. The maximum Gasteiger partial charge on any atom is 0.151 e. The highest BCUT2D eigenvalue weighted by Crippen LogP contribution is 2.30. The third kappa shape index (κ3) is 2.27. The fraction of sp³-hybridized carbons (Fsp3) is 0.538. The zero-order chi connectivity index (χ0) is 13.4. The summed E-state index contributed by atoms with van der Waals surface area (Å²) in [7, 11) is 2.06. The van der Waals surface area contributed by atoms with Crippen LogP contribution in [0.4, 0.5) is 20.2 Å². The molecule has 5 heteroatoms. The van der Waals surface area contributed by atoms with Gasteiger partial charge in [0.15, 0.2) is 5.82 Å². The molecule has 0 aromatic heterocycles. The van der Waals surface area contributed by atoms with Crippen molar-refractivity contribution in [1.82, 2.24) is 4.90 Å². The van der Waals surface area contributed by atoms with Crippen molar-refractivity contribution in [1.29, 1.82) is 0 Å². The van der Waals surface area contributed by atoms with E-state index in [2.05, 4.69) is 25.8 Å². The van der Waals surface area contributed by atoms with Crippen LogP contribution in [0, 0.1) is 11.6 Å². The van der Waals surface area contributed by atoms with Gasteiger partial charge in [-0.25, -0.2) is 8.78 Å². The van der Waals surface area contributed by atoms with Crippen LogP contribution in [0.5, 0.6) is 0 Å². The van der Waals surface area contributed by atoms with Gasteiger partial charge in [-0.1, -0.05) is 0 Å². The number of piperazine rings is 1. The van der Waals surface area contributed by atoms with Gasteiger partial charge in [0.25, 0.3) is 0 Å². The Bertz CT molecular complexity index is 438. The molecule has 0 radical (unpaired) electrons. The number of benzene rings is 1. The molecule has 100 valence electrons. The fourth-order valence-electron chi connectivity index (χ4n) is 2.43. The topological polar surface area (TPSA) is 32.5 Å². The highest BCUT2D eigenvalue weighted by atomic mass is 19.1. The van der Waals surface area contributed by atoms with Gasteiger partial charge in [0.1, 0.15) is 5.82 Å². The highest BCUT2D eigenvalue weighted by Gasteiger charge is 2.28. The molecule has 1 aromatic rings. The van der Waals surface area contributed by atoms with Crippen LogP contribution in [0.3, 0.4) is 0 Å². The van der Waals surface area contributed by atoms with E-state index in [9.17, 15) is 8.78 Å². The van der Waals surface area contributed by atoms with Gasteiger partial charge in [0.2, 0.25) is 0 Å². The van der Waals surface area contributed by atoms with E-state index in [0.717, 1.165) is 6.07 Å². The third-order valence-electron chi connectivity index (χ3n) is 3.77. The van der Waals surface area contributed by atoms with E-state index in [4.69, 9.17) is 5.73 Å². The van der Waals surface area contributed by atoms with Crippen molar-refractivity contribution in [3.8, 4) is 0 Å². The Morgan fingerprint density at radius 3 is 2.28 bits per heavy atom. The number of nitrogen functional groups attached to an aromatic ring is 1. The van der Waals surface area contributed by atoms with Gasteiger partial charge < -0.3 is 10.6 Å². The second-order valence-corrected chi connectivity index (χ2v) is 5.09. The maximum atomic E-state index is 13.5. The molecule has 1 heterocycles. The molecule has 1 fully saturated rings. The quantitative estimate of drug-likeness (QED) is 0.780. The monoisotopic (exact) mass is 255 g/mol. The first-order valence-corrected chi connectivity index (χ1v) is 6.11. The van der Waals surface area contributed by atoms with Gasteiger partial charge in [-0.15, -0.1) is 0 Å². The maximum absolute atomic E-state index is 13.5. The predicted molar refractivity (Wildman–Crippen MR) is 69.7 cm³/mol. The number of likely N-dealkylation sites (N-methyl/N-ethyl adjacent to an activating group) is 1. The Morgan fingerprint density at radius 1 is 1.17 bits per heavy atom. The molecule has 0 aliphatic carbocycles. The zero-order valence-electron chi connectivity index (χ0n) is 11.0. The van der Waals surface area contributed by atoms with Crippen LogP contribution in [0.1, 0.15) is 13.8 Å². The molecular formula is C13H19F2N3. The van der Waals surface area contributed by atoms with Gasteiger partial charge in [0.05, 0.1) is 11.4 Å². The normalized spacial score (nSPS) is 25.5. The van der Waals surface area contributed by atoms with E-state index in [1.807, 2.05) is 4.90 Å². The van der Waals surface area contributed by atoms with E-state index >= 15 is 0 Å². The molecule has 2 unspecified atom stereocenters. The minimum absolute atomic E-state index is 0.0281. The van der Waals surface area contributed by atoms with E-state index < -0.39 is 11.6 Å². The van der Waals surface area contributed by atoms with Crippen LogP contribution < -0.4 is 10.6 Å². The van der Waals surface area contributed by atoms with Crippen molar-refractivity contribution in [3.63, 3.8) is 0 Å². The van der Waals surface area contributed by atoms with Gasteiger partial charge in [-0.3, -0.25) is 4.90 Å². The summed E-state index contributed by atoms with van der Waals surface area (Å²) in [5.74, 6) is -1.28. The molecule has 18 heavy (non-hydrogen) atoms. The molecule has 3 nitrogen and oxygen atoms in total. The van der Waals surface area contributed by atoms with Crippen LogP contribution in [-0.4, -0.2) is 37.1 Å². The van der Waals surface area contributed by atoms with Gasteiger partial charge in [0, 0.05) is 31.2 Å². The van der Waals surface area contributed by atoms with Crippen LogP contribution in [0.15, 0.2) is 12.1 Å². The van der Waals surface area contributed by atoms with Gasteiger partial charge in [-0.2, -0.15) is 0 Å². The van der Waals surface area contributed by atoms with Gasteiger partial charge >= 0.3 is 0 Å². The summed E-state index contributed by atoms with van der Waals surface area (Å²) in [6.45, 7) is 5.62. The van der Waals surface area contributed by atoms with Crippen LogP contribution in [-0.2, 0) is 0 Å². The summed E-state index contributed by atoms with van der Waals surface area (Å²) in [4.78, 5) is 4.21. The number of nitrogens with zero attached hydrogens (tertiary/aromatic N) is 2. The Kier molecular flexibility index (Phi) is 3.43. The van der Waals surface area contributed by atoms with Crippen molar-refractivity contribution in [3.05, 3.63) is 23.8 Å². The fourth-order valence-corrected chi connectivity index (χ4v) is 2.43. The first-order valence-electron chi connectivity index (χ1n) is 6.11. The average molecular weight is 255 g/mol. The van der Waals surface area contributed by atoms with E-state index in [-0.39, 0.29) is 5.69 Å². The molecule has 1 saturated heterocycles. The van der Waals surface area contributed by atoms with E-state index in [1.165, 1.54) is 6.07 Å². The van der Waals surface area contributed by atoms with Crippen LogP contribution in [0.25, 0.3) is 0 Å². The van der Waals surface area contributed by atoms with Crippen molar-refractivity contribution >= 4 is 11.4 Å². The summed E-state index contributed by atoms with van der Waals surface area (Å²) in [6, 6.07) is 2.77. The summed E-state index contributed by atoms with van der Waals surface area (Å²) < 4.78 is 26.8.